The maximum Gasteiger partial charge on any atom is 0.196 e. The monoisotopic (exact) mass is 339 g/mol. The van der Waals surface area contributed by atoms with Gasteiger partial charge in [-0.3, -0.25) is 0 Å². The molecule has 0 spiro atoms. The molecule has 0 aliphatic rings. The Morgan fingerprint density at radius 1 is 1.16 bits per heavy atom. The highest BCUT2D eigenvalue weighted by Gasteiger charge is 2.08. The highest BCUT2D eigenvalue weighted by molar-refractivity contribution is 9.10. The smallest absolute Gasteiger partial charge is 0.196 e. The van der Waals surface area contributed by atoms with Gasteiger partial charge in [-0.2, -0.15) is 0 Å². The predicted octanol–water partition coefficient (Wildman–Crippen LogP) is 2.57. The van der Waals surface area contributed by atoms with Crippen LogP contribution in [0.15, 0.2) is 38.8 Å². The number of nitrogens with two attached hydrogens (primary N) is 3. The van der Waals surface area contributed by atoms with Crippen LogP contribution in [0.4, 0.5) is 11.6 Å². The first kappa shape index (κ1) is 14.1. The van der Waals surface area contributed by atoms with Crippen molar-refractivity contribution in [1.82, 2.24) is 9.97 Å². The van der Waals surface area contributed by atoms with E-state index in [-0.39, 0.29) is 6.04 Å². The predicted molar refractivity (Wildman–Crippen MR) is 81.7 cm³/mol. The van der Waals surface area contributed by atoms with Crippen LogP contribution >= 0.6 is 27.7 Å². The van der Waals surface area contributed by atoms with Gasteiger partial charge in [0, 0.05) is 21.5 Å². The SMILES string of the molecule is C[C@@H](N)c1ccc(Sc2nc(N)cc(N)n2)cc1Br. The molecule has 0 saturated heterocycles. The number of rotatable bonds is 3. The molecule has 7 heteroatoms. The molecule has 0 saturated carbocycles. The molecule has 0 bridgehead atoms. The second kappa shape index (κ2) is 5.77. The molecule has 2 aromatic rings. The summed E-state index contributed by atoms with van der Waals surface area (Å²) in [6.45, 7) is 1.94. The zero-order valence-electron chi connectivity index (χ0n) is 10.3. The van der Waals surface area contributed by atoms with Crippen molar-refractivity contribution in [3.8, 4) is 0 Å². The first-order valence-electron chi connectivity index (χ1n) is 5.58. The quantitative estimate of drug-likeness (QED) is 0.742. The Balaban J connectivity index is 2.26. The van der Waals surface area contributed by atoms with Crippen LogP contribution in [0, 0.1) is 0 Å². The van der Waals surface area contributed by atoms with Crippen LogP contribution in [0.25, 0.3) is 0 Å². The van der Waals surface area contributed by atoms with Crippen molar-refractivity contribution < 1.29 is 0 Å². The van der Waals surface area contributed by atoms with Crippen LogP contribution < -0.4 is 17.2 Å². The van der Waals surface area contributed by atoms with Gasteiger partial charge in [-0.1, -0.05) is 22.0 Å². The van der Waals surface area contributed by atoms with Crippen molar-refractivity contribution in [1.29, 1.82) is 0 Å². The average Bonchev–Trinajstić information content (AvgIpc) is 2.26. The summed E-state index contributed by atoms with van der Waals surface area (Å²) in [4.78, 5) is 9.24. The number of anilines is 2. The number of nitrogen functional groups attached to an aromatic ring is 2. The van der Waals surface area contributed by atoms with Crippen molar-refractivity contribution in [2.45, 2.75) is 23.0 Å². The standard InChI is InChI=1S/C12H14BrN5S/c1-6(14)8-3-2-7(4-9(8)13)19-12-17-10(15)5-11(16)18-12/h2-6H,14H2,1H3,(H4,15,16,17,18)/t6-/m1/s1. The fraction of sp³-hybridized carbons (Fsp3) is 0.167. The zero-order valence-corrected chi connectivity index (χ0v) is 12.7. The third-order valence-corrected chi connectivity index (χ3v) is 3.96. The lowest BCUT2D eigenvalue weighted by Gasteiger charge is -2.10. The van der Waals surface area contributed by atoms with E-state index in [0.717, 1.165) is 14.9 Å². The Labute approximate surface area is 124 Å². The van der Waals surface area contributed by atoms with Crippen LogP contribution in [0.1, 0.15) is 18.5 Å². The Hall–Kier alpha value is -1.31. The van der Waals surface area contributed by atoms with Gasteiger partial charge in [0.1, 0.15) is 11.6 Å². The molecule has 0 unspecified atom stereocenters. The Bertz CT molecular complexity index is 582. The van der Waals surface area contributed by atoms with E-state index in [4.69, 9.17) is 17.2 Å². The molecule has 0 amide bonds. The molecule has 19 heavy (non-hydrogen) atoms. The van der Waals surface area contributed by atoms with Crippen LogP contribution in [0.2, 0.25) is 0 Å². The second-order valence-electron chi connectivity index (χ2n) is 4.07. The fourth-order valence-corrected chi connectivity index (χ4v) is 3.27. The number of benzene rings is 1. The minimum atomic E-state index is -0.0207. The summed E-state index contributed by atoms with van der Waals surface area (Å²) in [6.07, 6.45) is 0. The van der Waals surface area contributed by atoms with Gasteiger partial charge in [-0.15, -0.1) is 0 Å². The molecule has 6 N–H and O–H groups in total. The van der Waals surface area contributed by atoms with Gasteiger partial charge in [0.25, 0.3) is 0 Å². The van der Waals surface area contributed by atoms with E-state index in [1.807, 2.05) is 25.1 Å². The van der Waals surface area contributed by atoms with E-state index in [2.05, 4.69) is 25.9 Å². The molecule has 1 aromatic carbocycles. The summed E-state index contributed by atoms with van der Waals surface area (Å²) in [5.74, 6) is 0.725. The van der Waals surface area contributed by atoms with Gasteiger partial charge in [0.15, 0.2) is 5.16 Å². The van der Waals surface area contributed by atoms with E-state index < -0.39 is 0 Å². The third-order valence-electron chi connectivity index (χ3n) is 2.42. The maximum atomic E-state index is 5.86. The first-order chi connectivity index (χ1) is 8.95. The minimum absolute atomic E-state index is 0.0207. The molecule has 100 valence electrons. The molecule has 0 fully saturated rings. The molecule has 1 heterocycles. The van der Waals surface area contributed by atoms with Gasteiger partial charge < -0.3 is 17.2 Å². The molecule has 2 rings (SSSR count). The normalized spacial score (nSPS) is 12.4. The van der Waals surface area contributed by atoms with E-state index in [9.17, 15) is 0 Å². The Kier molecular flexibility index (Phi) is 4.28. The summed E-state index contributed by atoms with van der Waals surface area (Å²) in [5.41, 5.74) is 18.2. The molecule has 1 atom stereocenters. The molecule has 0 radical (unpaired) electrons. The minimum Gasteiger partial charge on any atom is -0.383 e. The largest absolute Gasteiger partial charge is 0.383 e. The molecular formula is C12H14BrN5S. The summed E-state index contributed by atoms with van der Waals surface area (Å²) < 4.78 is 0.962. The molecule has 5 nitrogen and oxygen atoms in total. The zero-order chi connectivity index (χ0) is 14.0. The number of aromatic nitrogens is 2. The first-order valence-corrected chi connectivity index (χ1v) is 7.19. The van der Waals surface area contributed by atoms with Crippen LogP contribution in [-0.2, 0) is 0 Å². The number of halogens is 1. The Morgan fingerprint density at radius 3 is 2.32 bits per heavy atom. The third kappa shape index (κ3) is 3.59. The lowest BCUT2D eigenvalue weighted by atomic mass is 10.1. The summed E-state index contributed by atoms with van der Waals surface area (Å²) in [6, 6.07) is 7.43. The van der Waals surface area contributed by atoms with Crippen molar-refractivity contribution in [3.63, 3.8) is 0 Å². The van der Waals surface area contributed by atoms with E-state index in [1.54, 1.807) is 0 Å². The van der Waals surface area contributed by atoms with Crippen LogP contribution in [0.3, 0.4) is 0 Å². The van der Waals surface area contributed by atoms with Crippen LogP contribution in [0.5, 0.6) is 0 Å². The van der Waals surface area contributed by atoms with Gasteiger partial charge in [0.05, 0.1) is 0 Å². The summed E-state index contributed by atoms with van der Waals surface area (Å²) in [7, 11) is 0. The van der Waals surface area contributed by atoms with Gasteiger partial charge in [-0.05, 0) is 36.4 Å². The molecular weight excluding hydrogens is 326 g/mol. The molecule has 1 aromatic heterocycles. The highest BCUT2D eigenvalue weighted by atomic mass is 79.9. The van der Waals surface area contributed by atoms with Gasteiger partial charge >= 0.3 is 0 Å². The fourth-order valence-electron chi connectivity index (χ4n) is 1.55. The van der Waals surface area contributed by atoms with Crippen molar-refractivity contribution in [3.05, 3.63) is 34.3 Å². The van der Waals surface area contributed by atoms with Gasteiger partial charge in [-0.25, -0.2) is 9.97 Å². The van der Waals surface area contributed by atoms with Crippen LogP contribution in [-0.4, -0.2) is 9.97 Å². The summed E-state index contributed by atoms with van der Waals surface area (Å²) >= 11 is 4.90. The lowest BCUT2D eigenvalue weighted by Crippen LogP contribution is -2.05. The number of hydrogen-bond donors (Lipinski definition) is 3. The Morgan fingerprint density at radius 2 is 1.79 bits per heavy atom. The highest BCUT2D eigenvalue weighted by Crippen LogP contribution is 2.31. The average molecular weight is 340 g/mol. The molecule has 0 aliphatic heterocycles. The van der Waals surface area contributed by atoms with E-state index in [1.165, 1.54) is 17.8 Å². The van der Waals surface area contributed by atoms with E-state index >= 15 is 0 Å². The molecule has 0 aliphatic carbocycles. The summed E-state index contributed by atoms with van der Waals surface area (Å²) in [5, 5.41) is 0.526. The topological polar surface area (TPSA) is 104 Å². The number of hydrogen-bond acceptors (Lipinski definition) is 6. The van der Waals surface area contributed by atoms with Crippen molar-refractivity contribution in [2.75, 3.05) is 11.5 Å². The lowest BCUT2D eigenvalue weighted by molar-refractivity contribution is 0.811. The maximum absolute atomic E-state index is 5.86. The second-order valence-corrected chi connectivity index (χ2v) is 5.97. The van der Waals surface area contributed by atoms with Gasteiger partial charge in [0.2, 0.25) is 0 Å². The van der Waals surface area contributed by atoms with Crippen molar-refractivity contribution in [2.24, 2.45) is 5.73 Å². The van der Waals surface area contributed by atoms with Crippen molar-refractivity contribution >= 4 is 39.3 Å². The number of nitrogens with zero attached hydrogens (tertiary/aromatic N) is 2. The van der Waals surface area contributed by atoms with E-state index in [0.29, 0.717) is 16.8 Å².